The minimum atomic E-state index is -0.162. The Morgan fingerprint density at radius 2 is 2.24 bits per heavy atom. The lowest BCUT2D eigenvalue weighted by Crippen LogP contribution is -2.23. The number of fused-ring (bicyclic) bond motifs is 1. The Morgan fingerprint density at radius 3 is 3.06 bits per heavy atom. The highest BCUT2D eigenvalue weighted by Crippen LogP contribution is 2.26. The maximum absolute atomic E-state index is 12.1. The molecule has 0 saturated carbocycles. The Morgan fingerprint density at radius 1 is 1.35 bits per heavy atom. The van der Waals surface area contributed by atoms with E-state index in [0.29, 0.717) is 0 Å². The normalized spacial score (nSPS) is 19.3. The third kappa shape index (κ3) is 1.82. The van der Waals surface area contributed by atoms with Gasteiger partial charge in [-0.3, -0.25) is 4.79 Å². The van der Waals surface area contributed by atoms with Crippen molar-refractivity contribution in [2.24, 2.45) is 0 Å². The molecule has 4 heteroatoms. The number of hydrogen-bond donors (Lipinski definition) is 1. The fraction of sp³-hybridized carbons (Fsp3) is 0.231. The van der Waals surface area contributed by atoms with Crippen molar-refractivity contribution >= 4 is 11.6 Å². The Labute approximate surface area is 99.3 Å². The quantitative estimate of drug-likeness (QED) is 0.810. The molecule has 1 aromatic heterocycles. The number of nitrogens with one attached hydrogen (secondary N) is 1. The van der Waals surface area contributed by atoms with E-state index in [2.05, 4.69) is 16.4 Å². The third-order valence-electron chi connectivity index (χ3n) is 3.15. The molecule has 0 aliphatic carbocycles. The van der Waals surface area contributed by atoms with Crippen LogP contribution < -0.4 is 5.32 Å². The molecule has 0 bridgehead atoms. The van der Waals surface area contributed by atoms with E-state index in [9.17, 15) is 4.79 Å². The van der Waals surface area contributed by atoms with E-state index in [1.807, 2.05) is 29.0 Å². The number of para-hydroxylation sites is 1. The smallest absolute Gasteiger partial charge is 0.247 e. The molecular weight excluding hydrogens is 214 g/mol. The standard InChI is InChI=1S/C13H13N3O/c17-13-12(16-8-7-14-9-16)6-5-10-3-1-2-4-11(10)15-13/h1-4,7-9,12H,5-6H2,(H,15,17). The van der Waals surface area contributed by atoms with E-state index in [4.69, 9.17) is 0 Å². The van der Waals surface area contributed by atoms with Crippen molar-refractivity contribution in [2.45, 2.75) is 18.9 Å². The van der Waals surface area contributed by atoms with Gasteiger partial charge in [0.1, 0.15) is 6.04 Å². The summed E-state index contributed by atoms with van der Waals surface area (Å²) in [6.45, 7) is 0. The Hall–Kier alpha value is -2.10. The molecule has 1 aliphatic rings. The maximum Gasteiger partial charge on any atom is 0.247 e. The Bertz CT molecular complexity index is 533. The SMILES string of the molecule is O=C1Nc2ccccc2CCC1n1ccnc1. The minimum Gasteiger partial charge on any atom is -0.325 e. The molecule has 86 valence electrons. The van der Waals surface area contributed by atoms with Gasteiger partial charge in [0.2, 0.25) is 5.91 Å². The number of amides is 1. The summed E-state index contributed by atoms with van der Waals surface area (Å²) in [6.07, 6.45) is 6.93. The summed E-state index contributed by atoms with van der Waals surface area (Å²) in [5, 5.41) is 2.97. The molecule has 1 aromatic carbocycles. The number of hydrogen-bond acceptors (Lipinski definition) is 2. The number of rotatable bonds is 1. The zero-order valence-corrected chi connectivity index (χ0v) is 9.34. The predicted molar refractivity (Wildman–Crippen MR) is 64.7 cm³/mol. The zero-order chi connectivity index (χ0) is 11.7. The number of nitrogens with zero attached hydrogens (tertiary/aromatic N) is 2. The van der Waals surface area contributed by atoms with Crippen LogP contribution in [0.2, 0.25) is 0 Å². The monoisotopic (exact) mass is 227 g/mol. The average molecular weight is 227 g/mol. The average Bonchev–Trinajstić information content (AvgIpc) is 2.80. The lowest BCUT2D eigenvalue weighted by atomic mass is 10.1. The highest BCUT2D eigenvalue weighted by Gasteiger charge is 2.24. The molecule has 2 heterocycles. The molecule has 0 radical (unpaired) electrons. The lowest BCUT2D eigenvalue weighted by molar-refractivity contribution is -0.119. The summed E-state index contributed by atoms with van der Waals surface area (Å²) in [4.78, 5) is 16.1. The number of anilines is 1. The van der Waals surface area contributed by atoms with E-state index in [-0.39, 0.29) is 11.9 Å². The van der Waals surface area contributed by atoms with Gasteiger partial charge >= 0.3 is 0 Å². The second-order valence-electron chi connectivity index (χ2n) is 4.21. The van der Waals surface area contributed by atoms with Gasteiger partial charge in [-0.05, 0) is 24.5 Å². The van der Waals surface area contributed by atoms with Crippen LogP contribution in [0.1, 0.15) is 18.0 Å². The number of benzene rings is 1. The van der Waals surface area contributed by atoms with E-state index in [1.165, 1.54) is 5.56 Å². The van der Waals surface area contributed by atoms with Gasteiger partial charge in [0.25, 0.3) is 0 Å². The second kappa shape index (κ2) is 4.05. The fourth-order valence-corrected chi connectivity index (χ4v) is 2.24. The second-order valence-corrected chi connectivity index (χ2v) is 4.21. The van der Waals surface area contributed by atoms with E-state index >= 15 is 0 Å². The Balaban J connectivity index is 1.92. The van der Waals surface area contributed by atoms with E-state index in [1.54, 1.807) is 12.5 Å². The first-order valence-corrected chi connectivity index (χ1v) is 5.71. The van der Waals surface area contributed by atoms with Crippen LogP contribution in [0.15, 0.2) is 43.0 Å². The first kappa shape index (κ1) is 10.1. The van der Waals surface area contributed by atoms with Gasteiger partial charge in [-0.15, -0.1) is 0 Å². The molecule has 1 atom stereocenters. The van der Waals surface area contributed by atoms with Crippen LogP contribution in [0.3, 0.4) is 0 Å². The summed E-state index contributed by atoms with van der Waals surface area (Å²) in [5.74, 6) is 0.0351. The summed E-state index contributed by atoms with van der Waals surface area (Å²) >= 11 is 0. The van der Waals surface area contributed by atoms with Crippen molar-refractivity contribution in [2.75, 3.05) is 5.32 Å². The summed E-state index contributed by atoms with van der Waals surface area (Å²) < 4.78 is 1.86. The van der Waals surface area contributed by atoms with Crippen molar-refractivity contribution in [3.8, 4) is 0 Å². The van der Waals surface area contributed by atoms with Gasteiger partial charge in [0.15, 0.2) is 0 Å². The van der Waals surface area contributed by atoms with Crippen LogP contribution in [0, 0.1) is 0 Å². The topological polar surface area (TPSA) is 46.9 Å². The number of imidazole rings is 1. The molecule has 4 nitrogen and oxygen atoms in total. The number of carbonyl (C=O) groups is 1. The highest BCUT2D eigenvalue weighted by atomic mass is 16.2. The Kier molecular flexibility index (Phi) is 2.40. The van der Waals surface area contributed by atoms with Crippen LogP contribution in [-0.4, -0.2) is 15.5 Å². The number of carbonyl (C=O) groups excluding carboxylic acids is 1. The van der Waals surface area contributed by atoms with Gasteiger partial charge in [0, 0.05) is 18.1 Å². The predicted octanol–water partition coefficient (Wildman–Crippen LogP) is 2.01. The van der Waals surface area contributed by atoms with Gasteiger partial charge in [-0.1, -0.05) is 18.2 Å². The lowest BCUT2D eigenvalue weighted by Gasteiger charge is -2.14. The van der Waals surface area contributed by atoms with Crippen LogP contribution in [-0.2, 0) is 11.2 Å². The van der Waals surface area contributed by atoms with Gasteiger partial charge in [0.05, 0.1) is 6.33 Å². The fourth-order valence-electron chi connectivity index (χ4n) is 2.24. The third-order valence-corrected chi connectivity index (χ3v) is 3.15. The van der Waals surface area contributed by atoms with E-state index in [0.717, 1.165) is 18.5 Å². The van der Waals surface area contributed by atoms with Crippen molar-refractivity contribution < 1.29 is 4.79 Å². The molecule has 17 heavy (non-hydrogen) atoms. The molecule has 1 amide bonds. The minimum absolute atomic E-state index is 0.0351. The summed E-state index contributed by atoms with van der Waals surface area (Å²) in [5.41, 5.74) is 2.13. The molecule has 1 N–H and O–H groups in total. The van der Waals surface area contributed by atoms with Crippen LogP contribution >= 0.6 is 0 Å². The van der Waals surface area contributed by atoms with Gasteiger partial charge < -0.3 is 9.88 Å². The van der Waals surface area contributed by atoms with Crippen molar-refractivity contribution in [3.63, 3.8) is 0 Å². The summed E-state index contributed by atoms with van der Waals surface area (Å²) in [7, 11) is 0. The van der Waals surface area contributed by atoms with Gasteiger partial charge in [-0.25, -0.2) is 4.98 Å². The van der Waals surface area contributed by atoms with Crippen LogP contribution in [0.5, 0.6) is 0 Å². The van der Waals surface area contributed by atoms with Crippen molar-refractivity contribution in [1.29, 1.82) is 0 Å². The van der Waals surface area contributed by atoms with Crippen LogP contribution in [0.25, 0.3) is 0 Å². The highest BCUT2D eigenvalue weighted by molar-refractivity contribution is 5.95. The number of aryl methyl sites for hydroxylation is 1. The number of aromatic nitrogens is 2. The molecule has 1 unspecified atom stereocenters. The van der Waals surface area contributed by atoms with Crippen molar-refractivity contribution in [1.82, 2.24) is 9.55 Å². The molecule has 3 rings (SSSR count). The molecule has 1 aliphatic heterocycles. The van der Waals surface area contributed by atoms with Crippen LogP contribution in [0.4, 0.5) is 5.69 Å². The maximum atomic E-state index is 12.1. The summed E-state index contributed by atoms with van der Waals surface area (Å²) in [6, 6.07) is 7.79. The zero-order valence-electron chi connectivity index (χ0n) is 9.34. The molecule has 2 aromatic rings. The first-order chi connectivity index (χ1) is 8.34. The molecular formula is C13H13N3O. The van der Waals surface area contributed by atoms with Gasteiger partial charge in [-0.2, -0.15) is 0 Å². The molecule has 0 spiro atoms. The molecule has 0 saturated heterocycles. The van der Waals surface area contributed by atoms with E-state index < -0.39 is 0 Å². The molecule has 0 fully saturated rings. The largest absolute Gasteiger partial charge is 0.325 e. The first-order valence-electron chi connectivity index (χ1n) is 5.71. The van der Waals surface area contributed by atoms with Crippen molar-refractivity contribution in [3.05, 3.63) is 48.5 Å².